The van der Waals surface area contributed by atoms with Gasteiger partial charge in [-0.2, -0.15) is 0 Å². The first kappa shape index (κ1) is 111. The van der Waals surface area contributed by atoms with E-state index in [-0.39, 0.29) is 72.1 Å². The van der Waals surface area contributed by atoms with Crippen molar-refractivity contribution in [1.82, 2.24) is 10.6 Å². The number of cyclic esters (lactones) is 3. The minimum absolute atomic E-state index is 0. The van der Waals surface area contributed by atoms with E-state index in [1.807, 2.05) is 53.7 Å². The second-order valence-electron chi connectivity index (χ2n) is 29.4. The monoisotopic (exact) mass is 1730 g/mol. The van der Waals surface area contributed by atoms with Crippen molar-refractivity contribution in [2.75, 3.05) is 90.9 Å². The molecule has 0 spiro atoms. The number of aliphatic carboxylic acids is 1. The van der Waals surface area contributed by atoms with Crippen LogP contribution in [0, 0.1) is 20.8 Å². The van der Waals surface area contributed by atoms with Gasteiger partial charge in [0.15, 0.2) is 0 Å². The van der Waals surface area contributed by atoms with Crippen LogP contribution in [0.5, 0.6) is 17.2 Å². The molecule has 0 unspecified atom stereocenters. The van der Waals surface area contributed by atoms with Crippen molar-refractivity contribution < 1.29 is 148 Å². The molecule has 8 N–H and O–H groups in total. The molecule has 3 aliphatic rings. The van der Waals surface area contributed by atoms with Crippen molar-refractivity contribution in [1.29, 1.82) is 0 Å². The largest absolute Gasteiger partial charge is 1.00 e. The van der Waals surface area contributed by atoms with E-state index < -0.39 is 62.8 Å². The molecular formula is C81H134BN3NaO25P3Si2. The molecule has 0 atom stereocenters. The topological polar surface area (TPSA) is 403 Å². The summed E-state index contributed by atoms with van der Waals surface area (Å²) in [4.78, 5) is 95.1. The summed E-state index contributed by atoms with van der Waals surface area (Å²) >= 11 is 0. The Morgan fingerprint density at radius 3 is 1.18 bits per heavy atom. The summed E-state index contributed by atoms with van der Waals surface area (Å²) in [5, 5.41) is 24.5. The second-order valence-corrected chi connectivity index (χ2v) is 46.8. The minimum Gasteiger partial charge on any atom is -0.702 e. The molecule has 650 valence electrons. The van der Waals surface area contributed by atoms with Crippen LogP contribution < -0.4 is 55.4 Å². The van der Waals surface area contributed by atoms with E-state index in [1.54, 1.807) is 13.8 Å². The van der Waals surface area contributed by atoms with E-state index in [9.17, 15) is 47.6 Å². The number of nitrogens with two attached hydrogens (primary N) is 1. The van der Waals surface area contributed by atoms with E-state index in [0.29, 0.717) is 147 Å². The van der Waals surface area contributed by atoms with Crippen LogP contribution in [0.1, 0.15) is 207 Å². The third-order valence-electron chi connectivity index (χ3n) is 18.4. The smallest absolute Gasteiger partial charge is 0.702 e. The number of hydrogen-bond acceptors (Lipinski definition) is 25. The number of ether oxygens (including phenoxy) is 5. The second kappa shape index (κ2) is 56.2. The predicted molar refractivity (Wildman–Crippen MR) is 456 cm³/mol. The summed E-state index contributed by atoms with van der Waals surface area (Å²) in [5.41, 5.74) is 22.1. The number of benzene rings is 3. The van der Waals surface area contributed by atoms with Crippen molar-refractivity contribution in [3.63, 3.8) is 0 Å². The Labute approximate surface area is 714 Å². The van der Waals surface area contributed by atoms with Gasteiger partial charge in [-0.1, -0.05) is 110 Å². The first-order valence-corrected chi connectivity index (χ1v) is 52.4. The van der Waals surface area contributed by atoms with Crippen LogP contribution in [0.25, 0.3) is 0 Å². The summed E-state index contributed by atoms with van der Waals surface area (Å²) in [6.07, 6.45) is 14.1. The van der Waals surface area contributed by atoms with Gasteiger partial charge in [-0.05, 0) is 157 Å². The summed E-state index contributed by atoms with van der Waals surface area (Å²) in [7, 11) is -11.7. The number of allylic oxidation sites excluding steroid dienone is 4. The molecule has 35 heteroatoms. The van der Waals surface area contributed by atoms with Crippen LogP contribution in [0.2, 0.25) is 51.4 Å². The van der Waals surface area contributed by atoms with Crippen molar-refractivity contribution in [2.24, 2.45) is 5.73 Å². The molecule has 0 fully saturated rings. The van der Waals surface area contributed by atoms with Gasteiger partial charge in [-0.15, -0.1) is 0 Å². The van der Waals surface area contributed by atoms with Gasteiger partial charge in [0, 0.05) is 103 Å². The van der Waals surface area contributed by atoms with Gasteiger partial charge in [-0.25, -0.2) is 14.4 Å². The minimum atomic E-state index is -3.99. The number of aromatic hydroxyl groups is 1. The number of nitrogens with one attached hydrogen (secondary N) is 2. The van der Waals surface area contributed by atoms with Crippen molar-refractivity contribution in [3.05, 3.63) is 118 Å². The first-order valence-electron chi connectivity index (χ1n) is 39.7. The molecule has 0 saturated carbocycles. The Hall–Kier alpha value is -5.40. The molecule has 2 radical (unpaired) electrons. The molecule has 6 rings (SSSR count). The Balaban J connectivity index is 0.00000150. The maximum Gasteiger partial charge on any atom is 1.00 e. The molecular weight excluding hydrogens is 1600 g/mol. The fourth-order valence-corrected chi connectivity index (χ4v) is 17.1. The Morgan fingerprint density at radius 1 is 0.526 bits per heavy atom. The van der Waals surface area contributed by atoms with Crippen LogP contribution in [-0.2, 0) is 133 Å². The molecule has 0 saturated heterocycles. The zero-order valence-corrected chi connectivity index (χ0v) is 80.2. The van der Waals surface area contributed by atoms with E-state index in [2.05, 4.69) is 99.9 Å². The summed E-state index contributed by atoms with van der Waals surface area (Å²) < 4.78 is 92.6. The van der Waals surface area contributed by atoms with Crippen LogP contribution in [0.4, 0.5) is 0 Å². The van der Waals surface area contributed by atoms with Gasteiger partial charge in [0.1, 0.15) is 67.7 Å². The van der Waals surface area contributed by atoms with Crippen LogP contribution in [0.3, 0.4) is 0 Å². The number of carboxylic acids is 1. The number of aldehydes is 1. The molecule has 0 bridgehead atoms. The zero-order chi connectivity index (χ0) is 87.6. The zero-order valence-electron chi connectivity index (χ0n) is 73.5. The quantitative estimate of drug-likeness (QED) is 0.00404. The van der Waals surface area contributed by atoms with Gasteiger partial charge >= 0.3 is 70.3 Å². The molecule has 116 heavy (non-hydrogen) atoms. The van der Waals surface area contributed by atoms with E-state index in [1.165, 1.54) is 30.5 Å². The fraction of sp³-hybridized carbons (Fsp3) is 0.617. The van der Waals surface area contributed by atoms with Gasteiger partial charge in [0.25, 0.3) is 17.9 Å². The normalized spacial score (nSPS) is 13.1. The average Bonchev–Trinajstić information content (AvgIpc) is 1.57. The summed E-state index contributed by atoms with van der Waals surface area (Å²) in [6, 6.07) is 2.05. The van der Waals surface area contributed by atoms with Gasteiger partial charge in [0.2, 0.25) is 0 Å². The van der Waals surface area contributed by atoms with E-state index in [4.69, 9.17) is 67.2 Å². The van der Waals surface area contributed by atoms with Crippen LogP contribution >= 0.6 is 22.8 Å². The Kier molecular flexibility index (Phi) is 53.6. The number of carbonyl (C=O) groups is 7. The molecule has 0 amide bonds. The number of phenols is 1. The first-order chi connectivity index (χ1) is 54.0. The molecule has 0 aromatic heterocycles. The van der Waals surface area contributed by atoms with Gasteiger partial charge in [0.05, 0.1) is 58.1 Å². The number of carboxylic acid groups (broad SMARTS) is 1. The maximum atomic E-state index is 12.7. The number of esters is 3. The molecule has 0 aliphatic carbocycles. The third-order valence-corrected chi connectivity index (χ3v) is 26.8. The number of hydrogen-bond donors (Lipinski definition) is 7. The molecule has 3 aromatic rings. The standard InChI is InChI=1S/C28H48NO6PSi.C22H32O4Si.C19H28NO6P.C6H16NO3P.C4H6BO4.C2H4O2.Na/c1-9-22(19-29-15-17-36(31,34-11-3)35-12-4)13-14-24-23(10-2)21(5)25-20-33-28(30)26(25)27(24)32-16-18-37(6,7)8;1-7-16(13-23)9-10-18-17(8-2)15(3)19-14-26-22(24)20(19)21(18)25-11-12-27(4,5)6;1-4-13(10-20-8-9-27(23,24)25)6-7-15-14(5-2)12(3)16-11-26-19(22)17(16)18(15)21;1-3-9-11(8,6-5-7)10-4-2;1-3(6)8-5-9-4(2)7;1-2(3)4;/h13,29H,9-12,14-20H2,1-8H3;9,13H,7-8,10-12,14H2,1-6H3;6,20-21H,4-5,7-11H2,1-3H3,(H2,23,24,25);3-7H2,1-2H3;1-2H3;1H3,(H,3,4);/q;;;;-1;;+1/b22-13+;16-9+;13-6+;;;;. The van der Waals surface area contributed by atoms with E-state index in [0.717, 1.165) is 124 Å². The van der Waals surface area contributed by atoms with Crippen molar-refractivity contribution in [3.8, 4) is 17.2 Å². The Bertz CT molecular complexity index is 3900. The van der Waals surface area contributed by atoms with Crippen molar-refractivity contribution in [2.45, 2.75) is 240 Å². The summed E-state index contributed by atoms with van der Waals surface area (Å²) in [5.74, 6) is -1.52. The average molecular weight is 1730 g/mol. The molecule has 3 aliphatic heterocycles. The molecule has 28 nitrogen and oxygen atoms in total. The molecule has 3 heterocycles. The van der Waals surface area contributed by atoms with Crippen LogP contribution in [-0.4, -0.2) is 177 Å². The van der Waals surface area contributed by atoms with Gasteiger partial charge in [-0.3, -0.25) is 32.9 Å². The fourth-order valence-electron chi connectivity index (χ4n) is 12.3. The van der Waals surface area contributed by atoms with Gasteiger partial charge < -0.3 is 87.5 Å². The maximum absolute atomic E-state index is 12.7. The number of phenolic OH excluding ortho intramolecular Hbond substituents is 1. The third kappa shape index (κ3) is 39.4. The number of fused-ring (bicyclic) bond motifs is 3. The Morgan fingerprint density at radius 2 is 0.862 bits per heavy atom. The predicted octanol–water partition coefficient (Wildman–Crippen LogP) is 12.2. The molecule has 3 aromatic carbocycles. The summed E-state index contributed by atoms with van der Waals surface area (Å²) in [6.45, 7) is 49.0. The van der Waals surface area contributed by atoms with Crippen molar-refractivity contribution >= 4 is 88.7 Å². The number of rotatable bonds is 43. The SMILES string of the molecule is CC(=O)O.CC(=O)O[B-]OC(C)=O.CC/C(=C\Cc1c(O)c2c(c(C)c1CC)COC2=O)CNCCP(=O)(O)O.CC/C(C=O)=C\Cc1c(CC)c(C)c2c(c1OCC[Si](C)(C)C)C(=O)OC2.CCOP(=O)(CCN)OCC.CCOP(=O)(CCNC/C(=C/Cc1c(CC)c(C)c2c(c1OCC[Si](C)(C)C)C(=O)OC2)CC)OCC.[Na+]. The van der Waals surface area contributed by atoms with Crippen LogP contribution in [0.15, 0.2) is 34.9 Å². The van der Waals surface area contributed by atoms with E-state index >= 15 is 0 Å². The number of carbonyl (C=O) groups excluding carboxylic acids is 6.